The Morgan fingerprint density at radius 2 is 1.57 bits per heavy atom. The fraction of sp³-hybridized carbons (Fsp3) is 0.267. The highest BCUT2D eigenvalue weighted by molar-refractivity contribution is 5.96. The molecule has 3 aromatic rings. The van der Waals surface area contributed by atoms with Gasteiger partial charge in [0.1, 0.15) is 12.2 Å². The molecule has 35 heavy (non-hydrogen) atoms. The molecule has 0 bridgehead atoms. The van der Waals surface area contributed by atoms with Gasteiger partial charge in [0, 0.05) is 24.2 Å². The van der Waals surface area contributed by atoms with E-state index in [0.717, 1.165) is 22.3 Å². The Morgan fingerprint density at radius 1 is 1.00 bits per heavy atom. The van der Waals surface area contributed by atoms with Crippen molar-refractivity contribution < 1.29 is 19.1 Å². The van der Waals surface area contributed by atoms with Crippen LogP contribution in [0.3, 0.4) is 0 Å². The first-order chi connectivity index (χ1) is 16.6. The van der Waals surface area contributed by atoms with Crippen molar-refractivity contribution in [3.05, 3.63) is 88.5 Å². The van der Waals surface area contributed by atoms with E-state index >= 15 is 0 Å². The molecule has 1 amide bonds. The Hall–Kier alpha value is -4.04. The number of anilines is 1. The molecule has 0 radical (unpaired) electrons. The molecule has 0 saturated carbocycles. The second-order valence-electron chi connectivity index (χ2n) is 9.68. The molecule has 0 heterocycles. The van der Waals surface area contributed by atoms with E-state index in [1.807, 2.05) is 24.3 Å². The van der Waals surface area contributed by atoms with Crippen LogP contribution >= 0.6 is 0 Å². The molecule has 0 unspecified atom stereocenters. The first-order valence-electron chi connectivity index (χ1n) is 11.5. The Labute approximate surface area is 206 Å². The molecule has 4 rings (SSSR count). The number of nitrogens with zero attached hydrogens (tertiary/aromatic N) is 1. The number of carbonyl (C=O) groups excluding carboxylic acids is 2. The lowest BCUT2D eigenvalue weighted by Gasteiger charge is -2.23. The standard InChI is InChI=1S/C30H29NO4/c1-7-20-16-21(17-26(19(20)2)28(32)35-30(3,4)5)31(6)29(33)34-18-27-24-14-10-8-12-22(24)23-13-9-11-15-25(23)27/h1,8-17,27H,18H2,2-6H3. The number of hydrogen-bond donors (Lipinski definition) is 0. The van der Waals surface area contributed by atoms with Crippen molar-refractivity contribution in [2.75, 3.05) is 18.6 Å². The molecule has 0 aromatic heterocycles. The van der Waals surface area contributed by atoms with Crippen LogP contribution in [0.1, 0.15) is 59.3 Å². The van der Waals surface area contributed by atoms with Crippen molar-refractivity contribution in [1.29, 1.82) is 0 Å². The van der Waals surface area contributed by atoms with Crippen molar-refractivity contribution in [3.63, 3.8) is 0 Å². The van der Waals surface area contributed by atoms with E-state index in [9.17, 15) is 9.59 Å². The molecular weight excluding hydrogens is 438 g/mol. The maximum Gasteiger partial charge on any atom is 0.414 e. The van der Waals surface area contributed by atoms with E-state index in [2.05, 4.69) is 30.2 Å². The average molecular weight is 468 g/mol. The lowest BCUT2D eigenvalue weighted by molar-refractivity contribution is 0.00686. The summed E-state index contributed by atoms with van der Waals surface area (Å²) in [4.78, 5) is 27.2. The van der Waals surface area contributed by atoms with Gasteiger partial charge in [-0.3, -0.25) is 4.90 Å². The lowest BCUT2D eigenvalue weighted by Crippen LogP contribution is -2.29. The normalized spacial score (nSPS) is 12.3. The van der Waals surface area contributed by atoms with Gasteiger partial charge in [0.05, 0.1) is 5.56 Å². The maximum atomic E-state index is 13.1. The fourth-order valence-corrected chi connectivity index (χ4v) is 4.38. The Morgan fingerprint density at radius 3 is 2.11 bits per heavy atom. The van der Waals surface area contributed by atoms with Crippen LogP contribution in [-0.4, -0.2) is 31.3 Å². The predicted octanol–water partition coefficient (Wildman–Crippen LogP) is 6.32. The Balaban J connectivity index is 1.56. The largest absolute Gasteiger partial charge is 0.456 e. The minimum Gasteiger partial charge on any atom is -0.456 e. The summed E-state index contributed by atoms with van der Waals surface area (Å²) in [6.07, 6.45) is 5.15. The van der Waals surface area contributed by atoms with Crippen LogP contribution in [0.4, 0.5) is 10.5 Å². The first-order valence-corrected chi connectivity index (χ1v) is 11.5. The minimum atomic E-state index is -0.658. The second kappa shape index (κ2) is 9.31. The fourth-order valence-electron chi connectivity index (χ4n) is 4.38. The summed E-state index contributed by atoms with van der Waals surface area (Å²) in [6, 6.07) is 19.7. The third-order valence-corrected chi connectivity index (χ3v) is 6.16. The number of carbonyl (C=O) groups is 2. The van der Waals surface area contributed by atoms with Gasteiger partial charge in [0.25, 0.3) is 0 Å². The van der Waals surface area contributed by atoms with E-state index in [1.54, 1.807) is 46.9 Å². The zero-order valence-electron chi connectivity index (χ0n) is 20.7. The van der Waals surface area contributed by atoms with Crippen molar-refractivity contribution in [2.45, 2.75) is 39.2 Å². The van der Waals surface area contributed by atoms with Crippen LogP contribution in [-0.2, 0) is 9.47 Å². The molecule has 0 saturated heterocycles. The molecule has 5 nitrogen and oxygen atoms in total. The third-order valence-electron chi connectivity index (χ3n) is 6.16. The van der Waals surface area contributed by atoms with Gasteiger partial charge in [-0.2, -0.15) is 0 Å². The van der Waals surface area contributed by atoms with Crippen molar-refractivity contribution in [3.8, 4) is 23.5 Å². The molecule has 3 aromatic carbocycles. The predicted molar refractivity (Wildman–Crippen MR) is 138 cm³/mol. The number of amides is 1. The first kappa shape index (κ1) is 24.1. The van der Waals surface area contributed by atoms with Crippen molar-refractivity contribution >= 4 is 17.7 Å². The summed E-state index contributed by atoms with van der Waals surface area (Å²) < 4.78 is 11.3. The van der Waals surface area contributed by atoms with E-state index in [0.29, 0.717) is 22.4 Å². The van der Waals surface area contributed by atoms with Gasteiger partial charge < -0.3 is 9.47 Å². The van der Waals surface area contributed by atoms with Crippen LogP contribution in [0.15, 0.2) is 60.7 Å². The number of rotatable bonds is 4. The number of hydrogen-bond acceptors (Lipinski definition) is 4. The number of ether oxygens (including phenoxy) is 2. The molecule has 1 aliphatic rings. The van der Waals surface area contributed by atoms with Crippen LogP contribution < -0.4 is 4.90 Å². The summed E-state index contributed by atoms with van der Waals surface area (Å²) in [5, 5.41) is 0. The maximum absolute atomic E-state index is 13.1. The summed E-state index contributed by atoms with van der Waals surface area (Å²) >= 11 is 0. The van der Waals surface area contributed by atoms with Gasteiger partial charge in [0.2, 0.25) is 0 Å². The van der Waals surface area contributed by atoms with Crippen LogP contribution in [0.5, 0.6) is 0 Å². The van der Waals surface area contributed by atoms with Gasteiger partial charge in [-0.15, -0.1) is 6.42 Å². The number of terminal acetylenes is 1. The summed E-state index contributed by atoms with van der Waals surface area (Å²) in [6.45, 7) is 7.37. The molecule has 0 N–H and O–H groups in total. The summed E-state index contributed by atoms with van der Waals surface area (Å²) in [5.74, 6) is 2.06. The number of fused-ring (bicyclic) bond motifs is 3. The lowest BCUT2D eigenvalue weighted by atomic mass is 9.98. The molecule has 178 valence electrons. The Bertz CT molecular complexity index is 1300. The van der Waals surface area contributed by atoms with Gasteiger partial charge in [0.15, 0.2) is 0 Å². The van der Waals surface area contributed by atoms with Gasteiger partial charge in [-0.25, -0.2) is 9.59 Å². The topological polar surface area (TPSA) is 55.8 Å². The van der Waals surface area contributed by atoms with Gasteiger partial charge in [-0.1, -0.05) is 54.5 Å². The number of esters is 1. The number of benzene rings is 3. The quantitative estimate of drug-likeness (QED) is 0.333. The van der Waals surface area contributed by atoms with E-state index < -0.39 is 17.7 Å². The molecule has 5 heteroatoms. The molecular formula is C30H29NO4. The molecule has 0 atom stereocenters. The summed E-state index contributed by atoms with van der Waals surface area (Å²) in [7, 11) is 1.60. The van der Waals surface area contributed by atoms with Crippen molar-refractivity contribution in [1.82, 2.24) is 0 Å². The zero-order chi connectivity index (χ0) is 25.3. The molecule has 0 fully saturated rings. The van der Waals surface area contributed by atoms with Crippen LogP contribution in [0.25, 0.3) is 11.1 Å². The van der Waals surface area contributed by atoms with Gasteiger partial charge in [-0.05, 0) is 67.6 Å². The zero-order valence-corrected chi connectivity index (χ0v) is 20.7. The van der Waals surface area contributed by atoms with E-state index in [4.69, 9.17) is 15.9 Å². The van der Waals surface area contributed by atoms with Crippen LogP contribution in [0, 0.1) is 19.3 Å². The SMILES string of the molecule is C#Cc1cc(N(C)C(=O)OCC2c3ccccc3-c3ccccc32)cc(C(=O)OC(C)(C)C)c1C. The highest BCUT2D eigenvalue weighted by Crippen LogP contribution is 2.44. The minimum absolute atomic E-state index is 0.0450. The smallest absolute Gasteiger partial charge is 0.414 e. The average Bonchev–Trinajstić information content (AvgIpc) is 3.14. The molecule has 0 aliphatic heterocycles. The highest BCUT2D eigenvalue weighted by atomic mass is 16.6. The monoisotopic (exact) mass is 467 g/mol. The van der Waals surface area contributed by atoms with E-state index in [1.165, 1.54) is 4.90 Å². The highest BCUT2D eigenvalue weighted by Gasteiger charge is 2.30. The Kier molecular flexibility index (Phi) is 6.41. The molecule has 0 spiro atoms. The van der Waals surface area contributed by atoms with Crippen LogP contribution in [0.2, 0.25) is 0 Å². The van der Waals surface area contributed by atoms with Gasteiger partial charge >= 0.3 is 12.1 Å². The molecule has 1 aliphatic carbocycles. The third kappa shape index (κ3) is 4.79. The van der Waals surface area contributed by atoms with Crippen molar-refractivity contribution in [2.24, 2.45) is 0 Å². The van der Waals surface area contributed by atoms with E-state index in [-0.39, 0.29) is 12.5 Å². The second-order valence-corrected chi connectivity index (χ2v) is 9.68. The summed E-state index contributed by atoms with van der Waals surface area (Å²) in [5.41, 5.74) is 5.88.